The summed E-state index contributed by atoms with van der Waals surface area (Å²) >= 11 is 0. The van der Waals surface area contributed by atoms with Crippen LogP contribution in [0.5, 0.6) is 0 Å². The minimum atomic E-state index is -0.967. The van der Waals surface area contributed by atoms with Gasteiger partial charge in [-0.1, -0.05) is 6.92 Å². The van der Waals surface area contributed by atoms with Crippen molar-refractivity contribution in [2.45, 2.75) is 32.4 Å². The highest BCUT2D eigenvalue weighted by molar-refractivity contribution is 5.94. The number of hydrogen-bond donors (Lipinski definition) is 2. The lowest BCUT2D eigenvalue weighted by Gasteiger charge is -2.35. The van der Waals surface area contributed by atoms with Gasteiger partial charge in [0.15, 0.2) is 5.76 Å². The van der Waals surface area contributed by atoms with Crippen LogP contribution in [0.15, 0.2) is 16.5 Å². The summed E-state index contributed by atoms with van der Waals surface area (Å²) in [5.74, 6) is -0.368. The third-order valence-electron chi connectivity index (χ3n) is 3.48. The summed E-state index contributed by atoms with van der Waals surface area (Å²) in [4.78, 5) is 24.9. The Morgan fingerprint density at radius 3 is 2.84 bits per heavy atom. The second kappa shape index (κ2) is 5.44. The summed E-state index contributed by atoms with van der Waals surface area (Å²) in [6.07, 6.45) is 1.28. The first-order valence-corrected chi connectivity index (χ1v) is 6.35. The molecule has 0 saturated carbocycles. The van der Waals surface area contributed by atoms with Crippen molar-refractivity contribution < 1.29 is 19.1 Å². The lowest BCUT2D eigenvalue weighted by molar-refractivity contribution is -0.144. The number of carboxylic acids is 1. The number of nitrogens with zero attached hydrogens (tertiary/aromatic N) is 1. The maximum atomic E-state index is 12.3. The van der Waals surface area contributed by atoms with Gasteiger partial charge in [-0.2, -0.15) is 0 Å². The zero-order valence-corrected chi connectivity index (χ0v) is 10.8. The highest BCUT2D eigenvalue weighted by Crippen LogP contribution is 2.25. The van der Waals surface area contributed by atoms with Gasteiger partial charge in [0.1, 0.15) is 11.8 Å². The van der Waals surface area contributed by atoms with Crippen molar-refractivity contribution in [2.75, 3.05) is 6.54 Å². The summed E-state index contributed by atoms with van der Waals surface area (Å²) < 4.78 is 5.29. The molecule has 6 nitrogen and oxygen atoms in total. The molecule has 2 heterocycles. The molecule has 1 aromatic heterocycles. The lowest BCUT2D eigenvalue weighted by Crippen LogP contribution is -2.49. The van der Waals surface area contributed by atoms with Gasteiger partial charge in [-0.15, -0.1) is 0 Å². The van der Waals surface area contributed by atoms with Gasteiger partial charge in [-0.3, -0.25) is 4.79 Å². The Labute approximate surface area is 111 Å². The van der Waals surface area contributed by atoms with E-state index in [4.69, 9.17) is 10.2 Å². The topological polar surface area (TPSA) is 96.8 Å². The van der Waals surface area contributed by atoms with Gasteiger partial charge in [-0.25, -0.2) is 4.79 Å². The van der Waals surface area contributed by atoms with Crippen LogP contribution in [0.2, 0.25) is 0 Å². The average molecular weight is 266 g/mol. The molecule has 6 heteroatoms. The van der Waals surface area contributed by atoms with Crippen LogP contribution in [0.25, 0.3) is 0 Å². The van der Waals surface area contributed by atoms with E-state index in [0.717, 1.165) is 6.42 Å². The van der Waals surface area contributed by atoms with Crippen LogP contribution in [0, 0.1) is 5.92 Å². The molecule has 1 amide bonds. The molecule has 1 aliphatic heterocycles. The molecule has 3 N–H and O–H groups in total. The van der Waals surface area contributed by atoms with Crippen molar-refractivity contribution in [1.29, 1.82) is 0 Å². The van der Waals surface area contributed by atoms with Crippen molar-refractivity contribution in [3.63, 3.8) is 0 Å². The van der Waals surface area contributed by atoms with Crippen LogP contribution in [-0.2, 0) is 11.3 Å². The molecule has 1 aliphatic rings. The van der Waals surface area contributed by atoms with Gasteiger partial charge < -0.3 is 20.2 Å². The standard InChI is InChI=1S/C13H18N2O4/c1-8-4-5-15(10(6-8)13(17)18)12(16)11-3-2-9(7-14)19-11/h2-3,8,10H,4-7,14H2,1H3,(H,17,18). The molecule has 0 radical (unpaired) electrons. The van der Waals surface area contributed by atoms with Crippen molar-refractivity contribution >= 4 is 11.9 Å². The summed E-state index contributed by atoms with van der Waals surface area (Å²) in [6, 6.07) is 2.40. The van der Waals surface area contributed by atoms with Gasteiger partial charge in [0.25, 0.3) is 5.91 Å². The molecule has 1 aromatic rings. The van der Waals surface area contributed by atoms with Crippen LogP contribution in [0.1, 0.15) is 36.1 Å². The van der Waals surface area contributed by atoms with E-state index in [2.05, 4.69) is 0 Å². The number of carbonyl (C=O) groups is 2. The van der Waals surface area contributed by atoms with E-state index in [-0.39, 0.29) is 18.2 Å². The maximum absolute atomic E-state index is 12.3. The maximum Gasteiger partial charge on any atom is 0.326 e. The van der Waals surface area contributed by atoms with E-state index in [9.17, 15) is 14.7 Å². The third kappa shape index (κ3) is 2.78. The van der Waals surface area contributed by atoms with E-state index in [1.54, 1.807) is 12.1 Å². The number of amides is 1. The molecule has 0 aromatic carbocycles. The summed E-state index contributed by atoms with van der Waals surface area (Å²) in [5.41, 5.74) is 5.42. The fraction of sp³-hybridized carbons (Fsp3) is 0.538. The Balaban J connectivity index is 2.18. The molecule has 0 bridgehead atoms. The highest BCUT2D eigenvalue weighted by atomic mass is 16.4. The lowest BCUT2D eigenvalue weighted by atomic mass is 9.92. The van der Waals surface area contributed by atoms with Crippen LogP contribution in [0.3, 0.4) is 0 Å². The molecule has 2 rings (SSSR count). The first kappa shape index (κ1) is 13.6. The first-order chi connectivity index (χ1) is 9.02. The number of carbonyl (C=O) groups excluding carboxylic acids is 1. The largest absolute Gasteiger partial charge is 0.480 e. The number of likely N-dealkylation sites (tertiary alicyclic amines) is 1. The number of hydrogen-bond acceptors (Lipinski definition) is 4. The van der Waals surface area contributed by atoms with E-state index < -0.39 is 12.0 Å². The Morgan fingerprint density at radius 1 is 1.53 bits per heavy atom. The Morgan fingerprint density at radius 2 is 2.26 bits per heavy atom. The summed E-state index contributed by atoms with van der Waals surface area (Å²) in [7, 11) is 0. The van der Waals surface area contributed by atoms with Crippen LogP contribution < -0.4 is 5.73 Å². The number of aliphatic carboxylic acids is 1. The second-order valence-corrected chi connectivity index (χ2v) is 4.95. The van der Waals surface area contributed by atoms with Crippen molar-refractivity contribution in [1.82, 2.24) is 4.90 Å². The minimum absolute atomic E-state index is 0.154. The van der Waals surface area contributed by atoms with Crippen molar-refractivity contribution in [3.05, 3.63) is 23.7 Å². The van der Waals surface area contributed by atoms with Crippen molar-refractivity contribution in [3.8, 4) is 0 Å². The molecule has 2 unspecified atom stereocenters. The average Bonchev–Trinajstić information content (AvgIpc) is 2.86. The molecular formula is C13H18N2O4. The van der Waals surface area contributed by atoms with E-state index in [0.29, 0.717) is 24.6 Å². The monoisotopic (exact) mass is 266 g/mol. The van der Waals surface area contributed by atoms with E-state index >= 15 is 0 Å². The molecule has 19 heavy (non-hydrogen) atoms. The molecule has 2 atom stereocenters. The number of carboxylic acid groups (broad SMARTS) is 1. The minimum Gasteiger partial charge on any atom is -0.480 e. The first-order valence-electron chi connectivity index (χ1n) is 6.35. The number of piperidine rings is 1. The Bertz CT molecular complexity index is 483. The summed E-state index contributed by atoms with van der Waals surface area (Å²) in [6.45, 7) is 2.65. The molecular weight excluding hydrogens is 248 g/mol. The number of furan rings is 1. The van der Waals surface area contributed by atoms with E-state index in [1.165, 1.54) is 4.90 Å². The van der Waals surface area contributed by atoms with Crippen LogP contribution in [-0.4, -0.2) is 34.5 Å². The summed E-state index contributed by atoms with van der Waals surface area (Å²) in [5, 5.41) is 9.23. The Hall–Kier alpha value is -1.82. The third-order valence-corrected chi connectivity index (χ3v) is 3.48. The molecule has 0 aliphatic carbocycles. The molecule has 1 saturated heterocycles. The quantitative estimate of drug-likeness (QED) is 0.852. The second-order valence-electron chi connectivity index (χ2n) is 4.95. The highest BCUT2D eigenvalue weighted by Gasteiger charge is 2.36. The number of rotatable bonds is 3. The Kier molecular flexibility index (Phi) is 3.90. The zero-order valence-electron chi connectivity index (χ0n) is 10.8. The fourth-order valence-electron chi connectivity index (χ4n) is 2.36. The zero-order chi connectivity index (χ0) is 14.0. The predicted molar refractivity (Wildman–Crippen MR) is 67.5 cm³/mol. The fourth-order valence-corrected chi connectivity index (χ4v) is 2.36. The predicted octanol–water partition coefficient (Wildman–Crippen LogP) is 1.06. The van der Waals surface area contributed by atoms with Gasteiger partial charge >= 0.3 is 5.97 Å². The SMILES string of the molecule is CC1CCN(C(=O)c2ccc(CN)o2)C(C(=O)O)C1. The van der Waals surface area contributed by atoms with Crippen LogP contribution in [0.4, 0.5) is 0 Å². The molecule has 1 fully saturated rings. The van der Waals surface area contributed by atoms with Gasteiger partial charge in [-0.05, 0) is 30.9 Å². The van der Waals surface area contributed by atoms with E-state index in [1.807, 2.05) is 6.92 Å². The molecule has 0 spiro atoms. The normalized spacial score (nSPS) is 23.4. The van der Waals surface area contributed by atoms with Crippen molar-refractivity contribution in [2.24, 2.45) is 11.7 Å². The van der Waals surface area contributed by atoms with Crippen LogP contribution >= 0.6 is 0 Å². The molecule has 104 valence electrons. The van der Waals surface area contributed by atoms with Gasteiger partial charge in [0, 0.05) is 6.54 Å². The number of nitrogens with two attached hydrogens (primary N) is 1. The van der Waals surface area contributed by atoms with Gasteiger partial charge in [0.2, 0.25) is 0 Å². The smallest absolute Gasteiger partial charge is 0.326 e. The van der Waals surface area contributed by atoms with Gasteiger partial charge in [0.05, 0.1) is 6.54 Å².